The Kier molecular flexibility index (Phi) is 7.96. The fourth-order valence-corrected chi connectivity index (χ4v) is 3.31. The molecule has 0 saturated heterocycles. The van der Waals surface area contributed by atoms with E-state index in [1.807, 2.05) is 25.1 Å². The molecule has 0 radical (unpaired) electrons. The highest BCUT2D eigenvalue weighted by Crippen LogP contribution is 2.19. The minimum Gasteiger partial charge on any atom is -0.452 e. The molecule has 3 aromatic rings. The first-order chi connectivity index (χ1) is 15.9. The summed E-state index contributed by atoms with van der Waals surface area (Å²) in [5, 5.41) is 9.43. The van der Waals surface area contributed by atoms with Crippen LogP contribution in [0.5, 0.6) is 0 Å². The third kappa shape index (κ3) is 6.06. The quantitative estimate of drug-likeness (QED) is 0.349. The molecule has 0 aromatic heterocycles. The summed E-state index contributed by atoms with van der Waals surface area (Å²) < 4.78 is 5.26. The third-order valence-corrected chi connectivity index (χ3v) is 5.17. The monoisotopic (exact) mass is 460 g/mol. The van der Waals surface area contributed by atoms with Gasteiger partial charge in [-0.25, -0.2) is 4.79 Å². The molecule has 0 saturated carbocycles. The summed E-state index contributed by atoms with van der Waals surface area (Å²) in [5.41, 5.74) is 2.23. The minimum atomic E-state index is -0.787. The highest BCUT2D eigenvalue weighted by molar-refractivity contribution is 6.30. The van der Waals surface area contributed by atoms with Crippen molar-refractivity contribution in [2.75, 3.05) is 18.1 Å². The van der Waals surface area contributed by atoms with Gasteiger partial charge >= 0.3 is 5.97 Å². The fraction of sp³-hybridized carbons (Fsp3) is 0.154. The molecule has 0 N–H and O–H groups in total. The van der Waals surface area contributed by atoms with Crippen LogP contribution < -0.4 is 4.90 Å². The van der Waals surface area contributed by atoms with E-state index in [0.29, 0.717) is 16.3 Å². The van der Waals surface area contributed by atoms with Crippen LogP contribution in [0.1, 0.15) is 38.3 Å². The first-order valence-corrected chi connectivity index (χ1v) is 10.6. The van der Waals surface area contributed by atoms with Gasteiger partial charge in [0.2, 0.25) is 0 Å². The molecule has 0 heterocycles. The molecule has 33 heavy (non-hydrogen) atoms. The molecule has 3 rings (SSSR count). The standard InChI is InChI=1S/C26H21ClN2O4/c1-18-7-13-21(14-8-18)29(16-4-15-28)24(30)17-33-26(32)23-6-3-2-5-22(23)25(31)19-9-11-20(27)12-10-19/h2-3,5-14H,4,16-17H2,1H3. The molecular weight excluding hydrogens is 440 g/mol. The van der Waals surface area contributed by atoms with Gasteiger partial charge in [0.25, 0.3) is 5.91 Å². The number of esters is 1. The summed E-state index contributed by atoms with van der Waals surface area (Å²) >= 11 is 5.89. The van der Waals surface area contributed by atoms with Gasteiger partial charge in [-0.15, -0.1) is 0 Å². The van der Waals surface area contributed by atoms with E-state index in [-0.39, 0.29) is 29.9 Å². The number of rotatable bonds is 8. The van der Waals surface area contributed by atoms with Crippen LogP contribution in [0.25, 0.3) is 0 Å². The minimum absolute atomic E-state index is 0.0594. The Morgan fingerprint density at radius 2 is 1.58 bits per heavy atom. The number of nitrogens with zero attached hydrogens (tertiary/aromatic N) is 2. The van der Waals surface area contributed by atoms with Crippen molar-refractivity contribution in [3.05, 3.63) is 100 Å². The maximum Gasteiger partial charge on any atom is 0.339 e. The largest absolute Gasteiger partial charge is 0.452 e. The third-order valence-electron chi connectivity index (χ3n) is 4.92. The Balaban J connectivity index is 1.75. The van der Waals surface area contributed by atoms with Gasteiger partial charge in [-0.05, 0) is 49.4 Å². The van der Waals surface area contributed by atoms with E-state index >= 15 is 0 Å². The number of hydrogen-bond acceptors (Lipinski definition) is 5. The van der Waals surface area contributed by atoms with E-state index < -0.39 is 18.5 Å². The van der Waals surface area contributed by atoms with Crippen LogP contribution in [-0.4, -0.2) is 30.8 Å². The normalized spacial score (nSPS) is 10.2. The summed E-state index contributed by atoms with van der Waals surface area (Å²) in [5.74, 6) is -1.62. The van der Waals surface area contributed by atoms with Crippen LogP contribution in [0, 0.1) is 18.3 Å². The highest BCUT2D eigenvalue weighted by Gasteiger charge is 2.22. The van der Waals surface area contributed by atoms with E-state index in [1.165, 1.54) is 17.0 Å². The topological polar surface area (TPSA) is 87.5 Å². The van der Waals surface area contributed by atoms with Crippen molar-refractivity contribution in [3.63, 3.8) is 0 Å². The average Bonchev–Trinajstić information content (AvgIpc) is 2.83. The number of nitriles is 1. The highest BCUT2D eigenvalue weighted by atomic mass is 35.5. The van der Waals surface area contributed by atoms with Crippen LogP contribution in [0.2, 0.25) is 5.02 Å². The van der Waals surface area contributed by atoms with Crippen LogP contribution in [0.4, 0.5) is 5.69 Å². The number of halogens is 1. The van der Waals surface area contributed by atoms with Crippen molar-refractivity contribution in [2.24, 2.45) is 0 Å². The smallest absolute Gasteiger partial charge is 0.339 e. The second-order valence-corrected chi connectivity index (χ2v) is 7.68. The van der Waals surface area contributed by atoms with E-state index in [9.17, 15) is 14.4 Å². The van der Waals surface area contributed by atoms with Gasteiger partial charge in [0.05, 0.1) is 18.1 Å². The molecule has 0 atom stereocenters. The van der Waals surface area contributed by atoms with Crippen LogP contribution in [0.3, 0.4) is 0 Å². The zero-order chi connectivity index (χ0) is 23.8. The number of anilines is 1. The average molecular weight is 461 g/mol. The lowest BCUT2D eigenvalue weighted by Crippen LogP contribution is -2.35. The van der Waals surface area contributed by atoms with Crippen molar-refractivity contribution in [3.8, 4) is 6.07 Å². The van der Waals surface area contributed by atoms with E-state index in [1.54, 1.807) is 48.5 Å². The molecule has 7 heteroatoms. The van der Waals surface area contributed by atoms with Crippen LogP contribution in [-0.2, 0) is 9.53 Å². The Morgan fingerprint density at radius 3 is 2.21 bits per heavy atom. The van der Waals surface area contributed by atoms with Crippen molar-refractivity contribution in [2.45, 2.75) is 13.3 Å². The maximum atomic E-state index is 12.9. The summed E-state index contributed by atoms with van der Waals surface area (Å²) in [6.07, 6.45) is 0.131. The number of ether oxygens (including phenoxy) is 1. The molecule has 1 amide bonds. The van der Waals surface area contributed by atoms with Gasteiger partial charge in [-0.3, -0.25) is 9.59 Å². The lowest BCUT2D eigenvalue weighted by atomic mass is 9.98. The second kappa shape index (κ2) is 11.1. The molecule has 3 aromatic carbocycles. The Labute approximate surface area is 197 Å². The predicted molar refractivity (Wildman–Crippen MR) is 125 cm³/mol. The van der Waals surface area contributed by atoms with E-state index in [2.05, 4.69) is 0 Å². The van der Waals surface area contributed by atoms with Crippen LogP contribution >= 0.6 is 11.6 Å². The summed E-state index contributed by atoms with van der Waals surface area (Å²) in [6, 6.07) is 21.9. The molecule has 0 aliphatic rings. The molecular formula is C26H21ClN2O4. The number of amides is 1. The van der Waals surface area contributed by atoms with Gasteiger partial charge in [0, 0.05) is 28.4 Å². The van der Waals surface area contributed by atoms with Crippen molar-refractivity contribution in [1.29, 1.82) is 5.26 Å². The molecule has 0 unspecified atom stereocenters. The molecule has 166 valence electrons. The van der Waals surface area contributed by atoms with Crippen LogP contribution in [0.15, 0.2) is 72.8 Å². The van der Waals surface area contributed by atoms with Gasteiger partial charge in [0.15, 0.2) is 12.4 Å². The predicted octanol–water partition coefficient (Wildman–Crippen LogP) is 4.98. The number of aryl methyl sites for hydroxylation is 1. The fourth-order valence-electron chi connectivity index (χ4n) is 3.18. The molecule has 6 nitrogen and oxygen atoms in total. The Morgan fingerprint density at radius 1 is 0.939 bits per heavy atom. The van der Waals surface area contributed by atoms with Gasteiger partial charge in [-0.2, -0.15) is 5.26 Å². The summed E-state index contributed by atoms with van der Waals surface area (Å²) in [6.45, 7) is 1.57. The molecule has 0 fully saturated rings. The zero-order valence-corrected chi connectivity index (χ0v) is 18.7. The number of carbonyl (C=O) groups is 3. The van der Waals surface area contributed by atoms with Gasteiger partial charge in [-0.1, -0.05) is 47.5 Å². The zero-order valence-electron chi connectivity index (χ0n) is 18.0. The van der Waals surface area contributed by atoms with E-state index in [4.69, 9.17) is 21.6 Å². The Bertz CT molecular complexity index is 1200. The lowest BCUT2D eigenvalue weighted by Gasteiger charge is -2.22. The first kappa shape index (κ1) is 23.7. The Hall–Kier alpha value is -3.95. The van der Waals surface area contributed by atoms with Crippen molar-refractivity contribution >= 4 is 34.9 Å². The van der Waals surface area contributed by atoms with Crippen molar-refractivity contribution in [1.82, 2.24) is 0 Å². The molecule has 0 aliphatic carbocycles. The number of carbonyl (C=O) groups excluding carboxylic acids is 3. The number of benzene rings is 3. The van der Waals surface area contributed by atoms with Gasteiger partial charge in [0.1, 0.15) is 0 Å². The molecule has 0 spiro atoms. The summed E-state index contributed by atoms with van der Waals surface area (Å²) in [7, 11) is 0. The SMILES string of the molecule is Cc1ccc(N(CCC#N)C(=O)COC(=O)c2ccccc2C(=O)c2ccc(Cl)cc2)cc1. The number of ketones is 1. The summed E-state index contributed by atoms with van der Waals surface area (Å²) in [4.78, 5) is 39.9. The van der Waals surface area contributed by atoms with E-state index in [0.717, 1.165) is 5.56 Å². The second-order valence-electron chi connectivity index (χ2n) is 7.25. The van der Waals surface area contributed by atoms with Gasteiger partial charge < -0.3 is 9.64 Å². The number of hydrogen-bond donors (Lipinski definition) is 0. The first-order valence-electron chi connectivity index (χ1n) is 10.2. The molecule has 0 bridgehead atoms. The molecule has 0 aliphatic heterocycles. The maximum absolute atomic E-state index is 12.9. The lowest BCUT2D eigenvalue weighted by molar-refractivity contribution is -0.121. The van der Waals surface area contributed by atoms with Crippen molar-refractivity contribution < 1.29 is 19.1 Å².